The molecule has 0 fully saturated rings. The first kappa shape index (κ1) is 18.2. The summed E-state index contributed by atoms with van der Waals surface area (Å²) in [5, 5.41) is 9.36. The number of carboxylic acid groups (broad SMARTS) is 1. The number of alkyl halides is 3. The molecule has 0 saturated heterocycles. The molecule has 0 spiro atoms. The van der Waals surface area contributed by atoms with E-state index >= 15 is 0 Å². The van der Waals surface area contributed by atoms with Crippen LogP contribution in [0.3, 0.4) is 0 Å². The lowest BCUT2D eigenvalue weighted by atomic mass is 9.92. The molecule has 2 rings (SSSR count). The van der Waals surface area contributed by atoms with Crippen LogP contribution in [0.5, 0.6) is 5.75 Å². The third-order valence-corrected chi connectivity index (χ3v) is 4.40. The fourth-order valence-electron chi connectivity index (χ4n) is 2.32. The van der Waals surface area contributed by atoms with E-state index in [1.54, 1.807) is 37.3 Å². The fourth-order valence-corrected chi connectivity index (χ4v) is 2.46. The maximum atomic E-state index is 12.7. The van der Waals surface area contributed by atoms with Crippen molar-refractivity contribution in [2.24, 2.45) is 0 Å². The second kappa shape index (κ2) is 6.76. The molecule has 0 aliphatic rings. The van der Waals surface area contributed by atoms with Crippen molar-refractivity contribution in [2.75, 3.05) is 0 Å². The molecule has 0 bridgehead atoms. The summed E-state index contributed by atoms with van der Waals surface area (Å²) in [6, 6.07) is 12.3. The number of aliphatic carboxylic acids is 1. The van der Waals surface area contributed by atoms with Gasteiger partial charge in [-0.1, -0.05) is 49.4 Å². The van der Waals surface area contributed by atoms with Crippen LogP contribution < -0.4 is 4.74 Å². The minimum atomic E-state index is -4.89. The monoisotopic (exact) mass is 356 g/mol. The Morgan fingerprint density at radius 2 is 1.79 bits per heavy atom. The predicted octanol–water partition coefficient (Wildman–Crippen LogP) is 4.87. The Labute approximate surface area is 142 Å². The van der Waals surface area contributed by atoms with Gasteiger partial charge in [0, 0.05) is 5.56 Å². The van der Waals surface area contributed by atoms with E-state index in [-0.39, 0.29) is 17.5 Å². The number of ether oxygens (including phenoxy) is 1. The van der Waals surface area contributed by atoms with Crippen molar-refractivity contribution in [3.8, 4) is 16.9 Å². The summed E-state index contributed by atoms with van der Waals surface area (Å²) < 4.78 is 40.8. The highest BCUT2D eigenvalue weighted by molar-refractivity contribution is 7.82. The van der Waals surface area contributed by atoms with Crippen LogP contribution in [0, 0.1) is 0 Å². The average molecular weight is 356 g/mol. The molecule has 2 aromatic rings. The quantitative estimate of drug-likeness (QED) is 0.751. The maximum absolute atomic E-state index is 12.7. The van der Waals surface area contributed by atoms with E-state index in [9.17, 15) is 23.1 Å². The molecule has 0 aromatic heterocycles. The van der Waals surface area contributed by atoms with E-state index in [4.69, 9.17) is 0 Å². The first-order valence-corrected chi connectivity index (χ1v) is 7.53. The second-order valence-electron chi connectivity index (χ2n) is 5.14. The normalized spacial score (nSPS) is 14.0. The first-order chi connectivity index (χ1) is 11.2. The van der Waals surface area contributed by atoms with Crippen molar-refractivity contribution >= 4 is 18.6 Å². The summed E-state index contributed by atoms with van der Waals surface area (Å²) in [4.78, 5) is 11.5. The largest absolute Gasteiger partial charge is 0.573 e. The highest BCUT2D eigenvalue weighted by Gasteiger charge is 2.37. The van der Waals surface area contributed by atoms with Crippen molar-refractivity contribution < 1.29 is 27.8 Å². The number of carboxylic acids is 1. The summed E-state index contributed by atoms with van der Waals surface area (Å²) in [6.45, 7) is 1.59. The molecule has 1 atom stereocenters. The molecule has 0 aliphatic heterocycles. The fraction of sp³-hybridized carbons (Fsp3) is 0.235. The molecule has 2 aromatic carbocycles. The number of halogens is 3. The minimum absolute atomic E-state index is 0.0988. The molecular weight excluding hydrogens is 341 g/mol. The van der Waals surface area contributed by atoms with Crippen molar-refractivity contribution in [3.05, 3.63) is 54.1 Å². The Morgan fingerprint density at radius 3 is 2.29 bits per heavy atom. The predicted molar refractivity (Wildman–Crippen MR) is 87.2 cm³/mol. The lowest BCUT2D eigenvalue weighted by molar-refractivity contribution is -0.274. The zero-order chi connectivity index (χ0) is 18.0. The van der Waals surface area contributed by atoms with E-state index in [0.29, 0.717) is 5.56 Å². The Balaban J connectivity index is 2.61. The summed E-state index contributed by atoms with van der Waals surface area (Å²) in [5.41, 5.74) is 0.869. The lowest BCUT2D eigenvalue weighted by Crippen LogP contribution is -2.29. The van der Waals surface area contributed by atoms with Gasteiger partial charge in [0.2, 0.25) is 0 Å². The van der Waals surface area contributed by atoms with E-state index in [2.05, 4.69) is 17.4 Å². The van der Waals surface area contributed by atoms with Gasteiger partial charge in [0.25, 0.3) is 0 Å². The van der Waals surface area contributed by atoms with Crippen LogP contribution >= 0.6 is 12.6 Å². The minimum Gasteiger partial charge on any atom is -0.480 e. The van der Waals surface area contributed by atoms with E-state index in [1.807, 2.05) is 0 Å². The molecule has 24 heavy (non-hydrogen) atoms. The zero-order valence-corrected chi connectivity index (χ0v) is 13.6. The third-order valence-electron chi connectivity index (χ3n) is 3.64. The van der Waals surface area contributed by atoms with Gasteiger partial charge in [-0.2, -0.15) is 12.6 Å². The Kier molecular flexibility index (Phi) is 5.13. The van der Waals surface area contributed by atoms with Crippen molar-refractivity contribution in [2.45, 2.75) is 24.5 Å². The van der Waals surface area contributed by atoms with Crippen molar-refractivity contribution in [1.29, 1.82) is 0 Å². The number of thiol groups is 1. The Bertz CT molecular complexity index is 732. The highest BCUT2D eigenvalue weighted by Crippen LogP contribution is 2.40. The molecule has 0 heterocycles. The Hall–Kier alpha value is -2.15. The first-order valence-electron chi connectivity index (χ1n) is 7.09. The van der Waals surface area contributed by atoms with Crippen LogP contribution in [0.4, 0.5) is 13.2 Å². The number of hydrogen-bond donors (Lipinski definition) is 2. The van der Waals surface area contributed by atoms with Crippen LogP contribution in [0.25, 0.3) is 11.1 Å². The molecule has 0 aliphatic carbocycles. The van der Waals surface area contributed by atoms with Crippen LogP contribution in [0.2, 0.25) is 0 Å². The standard InChI is InChI=1S/C17H15F3O3S/c1-2-16(24,15(21)22)12-8-9-13(11-6-4-3-5-7-11)14(10-12)23-17(18,19)20/h3-10,24H,2H2,1H3,(H,21,22). The van der Waals surface area contributed by atoms with Crippen LogP contribution in [0.15, 0.2) is 48.5 Å². The van der Waals surface area contributed by atoms with Gasteiger partial charge >= 0.3 is 12.3 Å². The molecule has 128 valence electrons. The number of hydrogen-bond acceptors (Lipinski definition) is 3. The van der Waals surface area contributed by atoms with Crippen molar-refractivity contribution in [1.82, 2.24) is 0 Å². The van der Waals surface area contributed by atoms with Gasteiger partial charge in [-0.15, -0.1) is 13.2 Å². The molecule has 0 radical (unpaired) electrons. The molecular formula is C17H15F3O3S. The number of carbonyl (C=O) groups is 1. The van der Waals surface area contributed by atoms with Gasteiger partial charge < -0.3 is 9.84 Å². The van der Waals surface area contributed by atoms with Gasteiger partial charge in [0.15, 0.2) is 0 Å². The smallest absolute Gasteiger partial charge is 0.480 e. The van der Waals surface area contributed by atoms with E-state index < -0.39 is 22.8 Å². The van der Waals surface area contributed by atoms with E-state index in [1.165, 1.54) is 12.1 Å². The van der Waals surface area contributed by atoms with E-state index in [0.717, 1.165) is 6.07 Å². The molecule has 0 amide bonds. The number of rotatable bonds is 5. The molecule has 1 N–H and O–H groups in total. The Morgan fingerprint density at radius 1 is 1.17 bits per heavy atom. The highest BCUT2D eigenvalue weighted by atomic mass is 32.1. The molecule has 3 nitrogen and oxygen atoms in total. The maximum Gasteiger partial charge on any atom is 0.573 e. The molecule has 0 saturated carbocycles. The van der Waals surface area contributed by atoms with Crippen molar-refractivity contribution in [3.63, 3.8) is 0 Å². The number of benzene rings is 2. The van der Waals surface area contributed by atoms with Gasteiger partial charge in [0.1, 0.15) is 10.5 Å². The SMILES string of the molecule is CCC(S)(C(=O)O)c1ccc(-c2ccccc2)c(OC(F)(F)F)c1. The summed E-state index contributed by atoms with van der Waals surface area (Å²) in [6.07, 6.45) is -4.79. The lowest BCUT2D eigenvalue weighted by Gasteiger charge is -2.24. The van der Waals surface area contributed by atoms with Gasteiger partial charge in [-0.25, -0.2) is 0 Å². The van der Waals surface area contributed by atoms with Gasteiger partial charge in [0.05, 0.1) is 0 Å². The topological polar surface area (TPSA) is 46.5 Å². The average Bonchev–Trinajstić information content (AvgIpc) is 2.53. The summed E-state index contributed by atoms with van der Waals surface area (Å²) >= 11 is 4.15. The van der Waals surface area contributed by atoms with Crippen LogP contribution in [-0.2, 0) is 9.54 Å². The van der Waals surface area contributed by atoms with Crippen LogP contribution in [0.1, 0.15) is 18.9 Å². The third kappa shape index (κ3) is 3.84. The van der Waals surface area contributed by atoms with Gasteiger partial charge in [-0.3, -0.25) is 4.79 Å². The molecule has 1 unspecified atom stereocenters. The summed E-state index contributed by atoms with van der Waals surface area (Å²) in [7, 11) is 0. The summed E-state index contributed by atoms with van der Waals surface area (Å²) in [5.74, 6) is -1.70. The van der Waals surface area contributed by atoms with Gasteiger partial charge in [-0.05, 0) is 23.6 Å². The second-order valence-corrected chi connectivity index (χ2v) is 5.91. The zero-order valence-electron chi connectivity index (χ0n) is 12.7. The molecule has 7 heteroatoms. The van der Waals surface area contributed by atoms with Crippen LogP contribution in [-0.4, -0.2) is 17.4 Å².